The normalized spacial score (nSPS) is 11.5. The van der Waals surface area contributed by atoms with Gasteiger partial charge in [-0.05, 0) is 104 Å². The molecule has 10 aromatic rings. The van der Waals surface area contributed by atoms with E-state index < -0.39 is 0 Å². The molecule has 0 saturated carbocycles. The molecular formula is C50H34N2. The van der Waals surface area contributed by atoms with Crippen molar-refractivity contribution in [3.05, 3.63) is 206 Å². The van der Waals surface area contributed by atoms with Gasteiger partial charge in [0, 0.05) is 33.5 Å². The third-order valence-electron chi connectivity index (χ3n) is 10.3. The van der Waals surface area contributed by atoms with Gasteiger partial charge in [0.2, 0.25) is 0 Å². The minimum atomic E-state index is 1.13. The standard InChI is InChI=1S/C50H34N2/c1-3-17-39(18-4-1)51(49-25-13-16-35-14-7-10-22-46(35)49)41-28-30-44-37(32-41)26-27-38-33-42(29-31-45(38)44)52(40-19-5-2-6-20-40)50-34-36-15-8-9-21-43(36)47-23-11-12-24-48(47)50/h1-34H. The zero-order valence-electron chi connectivity index (χ0n) is 28.5. The van der Waals surface area contributed by atoms with Crippen LogP contribution in [0.15, 0.2) is 206 Å². The summed E-state index contributed by atoms with van der Waals surface area (Å²) in [7, 11) is 0. The molecule has 244 valence electrons. The number of fused-ring (bicyclic) bond motifs is 7. The minimum absolute atomic E-state index is 1.13. The largest absolute Gasteiger partial charge is 0.310 e. The molecule has 0 unspecified atom stereocenters. The van der Waals surface area contributed by atoms with E-state index in [1.807, 2.05) is 0 Å². The molecule has 10 aromatic carbocycles. The third kappa shape index (κ3) is 5.04. The van der Waals surface area contributed by atoms with Crippen molar-refractivity contribution in [2.24, 2.45) is 0 Å². The Balaban J connectivity index is 1.13. The van der Waals surface area contributed by atoms with Gasteiger partial charge < -0.3 is 9.80 Å². The molecule has 0 aliphatic carbocycles. The Hall–Kier alpha value is -6.90. The molecule has 0 aliphatic rings. The van der Waals surface area contributed by atoms with Crippen LogP contribution in [0.25, 0.3) is 53.9 Å². The van der Waals surface area contributed by atoms with Gasteiger partial charge in [-0.1, -0.05) is 146 Å². The number of hydrogen-bond acceptors (Lipinski definition) is 2. The van der Waals surface area contributed by atoms with E-state index in [0.717, 1.165) is 28.4 Å². The SMILES string of the molecule is c1ccc(N(c2ccc3c(ccc4cc(N(c5ccccc5)c5cc6ccccc6c6ccccc56)ccc43)c2)c2cccc3ccccc23)cc1. The van der Waals surface area contributed by atoms with Crippen LogP contribution in [0.1, 0.15) is 0 Å². The van der Waals surface area contributed by atoms with Crippen LogP contribution in [-0.4, -0.2) is 0 Å². The van der Waals surface area contributed by atoms with Crippen molar-refractivity contribution in [2.45, 2.75) is 0 Å². The Kier molecular flexibility index (Phi) is 7.18. The Morgan fingerprint density at radius 2 is 0.654 bits per heavy atom. The van der Waals surface area contributed by atoms with Gasteiger partial charge in [0.25, 0.3) is 0 Å². The summed E-state index contributed by atoms with van der Waals surface area (Å²) >= 11 is 0. The maximum atomic E-state index is 2.41. The summed E-state index contributed by atoms with van der Waals surface area (Å²) in [6.07, 6.45) is 0. The number of hydrogen-bond donors (Lipinski definition) is 0. The number of anilines is 6. The molecule has 2 heteroatoms. The van der Waals surface area contributed by atoms with Gasteiger partial charge >= 0.3 is 0 Å². The van der Waals surface area contributed by atoms with Crippen molar-refractivity contribution in [1.29, 1.82) is 0 Å². The van der Waals surface area contributed by atoms with Crippen LogP contribution in [0.4, 0.5) is 34.1 Å². The van der Waals surface area contributed by atoms with Crippen LogP contribution in [0.5, 0.6) is 0 Å². The zero-order chi connectivity index (χ0) is 34.4. The molecule has 0 aromatic heterocycles. The molecule has 0 amide bonds. The highest BCUT2D eigenvalue weighted by molar-refractivity contribution is 6.15. The molecule has 52 heavy (non-hydrogen) atoms. The molecule has 0 bridgehead atoms. The smallest absolute Gasteiger partial charge is 0.0546 e. The van der Waals surface area contributed by atoms with Crippen LogP contribution in [0, 0.1) is 0 Å². The first kappa shape index (κ1) is 30.0. The topological polar surface area (TPSA) is 6.48 Å². The number of nitrogens with zero attached hydrogens (tertiary/aromatic N) is 2. The lowest BCUT2D eigenvalue weighted by atomic mass is 9.98. The Morgan fingerprint density at radius 3 is 1.29 bits per heavy atom. The van der Waals surface area contributed by atoms with E-state index in [2.05, 4.69) is 216 Å². The summed E-state index contributed by atoms with van der Waals surface area (Å²) in [5.41, 5.74) is 6.84. The molecule has 0 fully saturated rings. The first-order valence-corrected chi connectivity index (χ1v) is 17.9. The van der Waals surface area contributed by atoms with Gasteiger partial charge in [-0.3, -0.25) is 0 Å². The highest BCUT2D eigenvalue weighted by Gasteiger charge is 2.19. The molecule has 10 rings (SSSR count). The van der Waals surface area contributed by atoms with Crippen molar-refractivity contribution in [2.75, 3.05) is 9.80 Å². The maximum Gasteiger partial charge on any atom is 0.0546 e. The predicted octanol–water partition coefficient (Wildman–Crippen LogP) is 14.4. The molecule has 0 radical (unpaired) electrons. The number of para-hydroxylation sites is 2. The molecule has 0 saturated heterocycles. The van der Waals surface area contributed by atoms with Gasteiger partial charge in [-0.25, -0.2) is 0 Å². The second kappa shape index (κ2) is 12.5. The summed E-state index contributed by atoms with van der Waals surface area (Å²) in [4.78, 5) is 4.78. The second-order valence-electron chi connectivity index (χ2n) is 13.4. The van der Waals surface area contributed by atoms with Gasteiger partial charge in [-0.2, -0.15) is 0 Å². The molecule has 2 nitrogen and oxygen atoms in total. The number of rotatable bonds is 6. The quantitative estimate of drug-likeness (QED) is 0.164. The van der Waals surface area contributed by atoms with Gasteiger partial charge in [0.15, 0.2) is 0 Å². The summed E-state index contributed by atoms with van der Waals surface area (Å²) in [5, 5.41) is 12.3. The lowest BCUT2D eigenvalue weighted by molar-refractivity contribution is 1.30. The average Bonchev–Trinajstić information content (AvgIpc) is 3.22. The van der Waals surface area contributed by atoms with E-state index in [1.165, 1.54) is 59.5 Å². The van der Waals surface area contributed by atoms with Crippen LogP contribution >= 0.6 is 0 Å². The first-order valence-electron chi connectivity index (χ1n) is 17.9. The molecular weight excluding hydrogens is 629 g/mol. The van der Waals surface area contributed by atoms with Crippen LogP contribution in [0.3, 0.4) is 0 Å². The van der Waals surface area contributed by atoms with Crippen LogP contribution in [0.2, 0.25) is 0 Å². The van der Waals surface area contributed by atoms with E-state index >= 15 is 0 Å². The third-order valence-corrected chi connectivity index (χ3v) is 10.3. The van der Waals surface area contributed by atoms with Gasteiger partial charge in [0.05, 0.1) is 11.4 Å². The van der Waals surface area contributed by atoms with Crippen LogP contribution in [-0.2, 0) is 0 Å². The van der Waals surface area contributed by atoms with E-state index in [4.69, 9.17) is 0 Å². The van der Waals surface area contributed by atoms with Gasteiger partial charge in [-0.15, -0.1) is 0 Å². The lowest BCUT2D eigenvalue weighted by Gasteiger charge is -2.28. The maximum absolute atomic E-state index is 2.41. The fraction of sp³-hybridized carbons (Fsp3) is 0. The van der Waals surface area contributed by atoms with Crippen LogP contribution < -0.4 is 9.80 Å². The monoisotopic (exact) mass is 662 g/mol. The highest BCUT2D eigenvalue weighted by atomic mass is 15.1. The fourth-order valence-corrected chi connectivity index (χ4v) is 7.96. The number of benzene rings is 10. The van der Waals surface area contributed by atoms with Crippen molar-refractivity contribution in [3.63, 3.8) is 0 Å². The second-order valence-corrected chi connectivity index (χ2v) is 13.4. The Bertz CT molecular complexity index is 2910. The zero-order valence-corrected chi connectivity index (χ0v) is 28.5. The van der Waals surface area contributed by atoms with Crippen molar-refractivity contribution >= 4 is 88.0 Å². The molecule has 0 heterocycles. The minimum Gasteiger partial charge on any atom is -0.310 e. The summed E-state index contributed by atoms with van der Waals surface area (Å²) in [6.45, 7) is 0. The molecule has 0 aliphatic heterocycles. The average molecular weight is 663 g/mol. The highest BCUT2D eigenvalue weighted by Crippen LogP contribution is 2.44. The van der Waals surface area contributed by atoms with Crippen molar-refractivity contribution in [1.82, 2.24) is 0 Å². The van der Waals surface area contributed by atoms with Crippen molar-refractivity contribution < 1.29 is 0 Å². The Labute approximate surface area is 303 Å². The van der Waals surface area contributed by atoms with E-state index in [-0.39, 0.29) is 0 Å². The Morgan fingerprint density at radius 1 is 0.212 bits per heavy atom. The summed E-state index contributed by atoms with van der Waals surface area (Å²) in [5.74, 6) is 0. The lowest BCUT2D eigenvalue weighted by Crippen LogP contribution is -2.10. The van der Waals surface area contributed by atoms with E-state index in [1.54, 1.807) is 0 Å². The van der Waals surface area contributed by atoms with E-state index in [9.17, 15) is 0 Å². The van der Waals surface area contributed by atoms with E-state index in [0.29, 0.717) is 0 Å². The molecule has 0 N–H and O–H groups in total. The summed E-state index contributed by atoms with van der Waals surface area (Å²) < 4.78 is 0. The molecule has 0 spiro atoms. The fourth-order valence-electron chi connectivity index (χ4n) is 7.96. The molecule has 0 atom stereocenters. The van der Waals surface area contributed by atoms with Crippen molar-refractivity contribution in [3.8, 4) is 0 Å². The summed E-state index contributed by atoms with van der Waals surface area (Å²) in [6, 6.07) is 74.7. The predicted molar refractivity (Wildman–Crippen MR) is 223 cm³/mol. The van der Waals surface area contributed by atoms with Gasteiger partial charge in [0.1, 0.15) is 0 Å². The first-order chi connectivity index (χ1) is 25.8.